The molecular weight excluding hydrogens is 374 g/mol. The van der Waals surface area contributed by atoms with Gasteiger partial charge in [-0.05, 0) is 45.4 Å². The minimum atomic E-state index is -0.674. The summed E-state index contributed by atoms with van der Waals surface area (Å²) in [5, 5.41) is 3.40. The number of rotatable bonds is 5. The Kier molecular flexibility index (Phi) is 5.70. The highest BCUT2D eigenvalue weighted by Crippen LogP contribution is 2.30. The Morgan fingerprint density at radius 1 is 1.29 bits per heavy atom. The molecule has 0 fully saturated rings. The smallest absolute Gasteiger partial charge is 0.349 e. The molecule has 0 saturated heterocycles. The largest absolute Gasteiger partial charge is 0.490 e. The van der Waals surface area contributed by atoms with Crippen LogP contribution in [0.15, 0.2) is 31.9 Å². The van der Waals surface area contributed by atoms with Crippen molar-refractivity contribution in [1.82, 2.24) is 5.32 Å². The summed E-state index contributed by atoms with van der Waals surface area (Å²) in [7, 11) is 0. The average molecular weight is 396 g/mol. The fourth-order valence-electron chi connectivity index (χ4n) is 2.17. The van der Waals surface area contributed by atoms with E-state index >= 15 is 0 Å². The standard InChI is InChI=1S/C18H22BrNO4/c1-5-6-7-23-14-10-12(19)8-11-9-13(17(22)24-15(11)14)16(21)20-18(2,3)4/h8-10H,5-7H2,1-4H3,(H,20,21). The molecule has 24 heavy (non-hydrogen) atoms. The third-order valence-corrected chi connectivity index (χ3v) is 3.71. The monoisotopic (exact) mass is 395 g/mol. The molecule has 0 unspecified atom stereocenters. The number of unbranched alkanes of at least 4 members (excludes halogenated alkanes) is 1. The molecule has 0 saturated carbocycles. The second-order valence-corrected chi connectivity index (χ2v) is 7.59. The molecule has 0 aliphatic rings. The van der Waals surface area contributed by atoms with Gasteiger partial charge in [-0.15, -0.1) is 0 Å². The third-order valence-electron chi connectivity index (χ3n) is 3.25. The van der Waals surface area contributed by atoms with E-state index in [-0.39, 0.29) is 5.56 Å². The molecule has 0 spiro atoms. The Balaban J connectivity index is 2.47. The first-order chi connectivity index (χ1) is 11.2. The van der Waals surface area contributed by atoms with Gasteiger partial charge < -0.3 is 14.5 Å². The summed E-state index contributed by atoms with van der Waals surface area (Å²) in [6, 6.07) is 5.09. The van der Waals surface area contributed by atoms with E-state index in [1.807, 2.05) is 20.8 Å². The fraction of sp³-hybridized carbons (Fsp3) is 0.444. The first kappa shape index (κ1) is 18.5. The summed E-state index contributed by atoms with van der Waals surface area (Å²) in [4.78, 5) is 24.5. The second kappa shape index (κ2) is 7.38. The average Bonchev–Trinajstić information content (AvgIpc) is 2.45. The van der Waals surface area contributed by atoms with Crippen molar-refractivity contribution in [2.45, 2.75) is 46.1 Å². The van der Waals surface area contributed by atoms with Crippen molar-refractivity contribution >= 4 is 32.8 Å². The summed E-state index contributed by atoms with van der Waals surface area (Å²) in [5.74, 6) is 0.0410. The molecule has 0 aliphatic carbocycles. The third kappa shape index (κ3) is 4.60. The van der Waals surface area contributed by atoms with E-state index in [4.69, 9.17) is 9.15 Å². The van der Waals surface area contributed by atoms with Crippen LogP contribution >= 0.6 is 15.9 Å². The summed E-state index contributed by atoms with van der Waals surface area (Å²) in [6.07, 6.45) is 1.91. The number of hydrogen-bond acceptors (Lipinski definition) is 4. The highest BCUT2D eigenvalue weighted by molar-refractivity contribution is 9.10. The van der Waals surface area contributed by atoms with Gasteiger partial charge in [-0.25, -0.2) is 4.79 Å². The molecule has 0 aliphatic heterocycles. The highest BCUT2D eigenvalue weighted by atomic mass is 79.9. The van der Waals surface area contributed by atoms with Crippen molar-refractivity contribution < 1.29 is 13.9 Å². The minimum Gasteiger partial charge on any atom is -0.490 e. The van der Waals surface area contributed by atoms with Crippen LogP contribution in [-0.2, 0) is 0 Å². The van der Waals surface area contributed by atoms with Crippen LogP contribution in [0, 0.1) is 0 Å². The zero-order valence-electron chi connectivity index (χ0n) is 14.4. The van der Waals surface area contributed by atoms with E-state index in [1.54, 1.807) is 18.2 Å². The summed E-state index contributed by atoms with van der Waals surface area (Å²) in [6.45, 7) is 8.16. The van der Waals surface area contributed by atoms with E-state index in [2.05, 4.69) is 28.2 Å². The van der Waals surface area contributed by atoms with Crippen LogP contribution in [-0.4, -0.2) is 18.1 Å². The molecule has 5 nitrogen and oxygen atoms in total. The lowest BCUT2D eigenvalue weighted by molar-refractivity contribution is 0.0916. The second-order valence-electron chi connectivity index (χ2n) is 6.68. The van der Waals surface area contributed by atoms with Crippen LogP contribution < -0.4 is 15.7 Å². The molecule has 2 rings (SSSR count). The van der Waals surface area contributed by atoms with Gasteiger partial charge in [0.15, 0.2) is 11.3 Å². The number of hydrogen-bond donors (Lipinski definition) is 1. The SMILES string of the molecule is CCCCOc1cc(Br)cc2cc(C(=O)NC(C)(C)C)c(=O)oc12. The van der Waals surface area contributed by atoms with Gasteiger partial charge in [0.25, 0.3) is 5.91 Å². The molecule has 6 heteroatoms. The Hall–Kier alpha value is -1.82. The lowest BCUT2D eigenvalue weighted by Crippen LogP contribution is -2.42. The van der Waals surface area contributed by atoms with E-state index in [9.17, 15) is 9.59 Å². The first-order valence-electron chi connectivity index (χ1n) is 7.94. The molecule has 130 valence electrons. The van der Waals surface area contributed by atoms with Gasteiger partial charge in [-0.3, -0.25) is 4.79 Å². The quantitative estimate of drug-likeness (QED) is 0.606. The summed E-state index contributed by atoms with van der Waals surface area (Å²) < 4.78 is 11.9. The van der Waals surface area contributed by atoms with Gasteiger partial charge in [-0.1, -0.05) is 29.3 Å². The Morgan fingerprint density at radius 2 is 2.00 bits per heavy atom. The van der Waals surface area contributed by atoms with Crippen LogP contribution in [0.5, 0.6) is 5.75 Å². The topological polar surface area (TPSA) is 68.5 Å². The predicted octanol–water partition coefficient (Wildman–Crippen LogP) is 4.26. The molecule has 1 aromatic carbocycles. The van der Waals surface area contributed by atoms with Crippen LogP contribution in [0.1, 0.15) is 50.9 Å². The number of halogens is 1. The van der Waals surface area contributed by atoms with Crippen molar-refractivity contribution in [2.24, 2.45) is 0 Å². The maximum absolute atomic E-state index is 12.3. The Labute approximate surface area is 149 Å². The van der Waals surface area contributed by atoms with E-state index in [0.717, 1.165) is 17.3 Å². The molecule has 1 aromatic heterocycles. The number of nitrogens with one attached hydrogen (secondary N) is 1. The molecule has 1 N–H and O–H groups in total. The van der Waals surface area contributed by atoms with Gasteiger partial charge in [-0.2, -0.15) is 0 Å². The zero-order valence-corrected chi connectivity index (χ0v) is 16.0. The van der Waals surface area contributed by atoms with Crippen LogP contribution in [0.3, 0.4) is 0 Å². The number of ether oxygens (including phenoxy) is 1. The summed E-state index contributed by atoms with van der Waals surface area (Å²) in [5.41, 5.74) is -0.780. The first-order valence-corrected chi connectivity index (χ1v) is 8.73. The van der Waals surface area contributed by atoms with Crippen molar-refractivity contribution in [3.63, 3.8) is 0 Å². The fourth-order valence-corrected chi connectivity index (χ4v) is 2.62. The maximum atomic E-state index is 12.3. The number of carbonyl (C=O) groups is 1. The lowest BCUT2D eigenvalue weighted by atomic mass is 10.1. The highest BCUT2D eigenvalue weighted by Gasteiger charge is 2.20. The molecule has 0 atom stereocenters. The van der Waals surface area contributed by atoms with Crippen LogP contribution in [0.25, 0.3) is 11.0 Å². The number of benzene rings is 1. The number of amides is 1. The summed E-state index contributed by atoms with van der Waals surface area (Å²) >= 11 is 3.42. The van der Waals surface area contributed by atoms with Crippen molar-refractivity contribution in [2.75, 3.05) is 6.61 Å². The van der Waals surface area contributed by atoms with Gasteiger partial charge in [0.2, 0.25) is 0 Å². The molecule has 1 amide bonds. The number of fused-ring (bicyclic) bond motifs is 1. The molecule has 0 radical (unpaired) electrons. The minimum absolute atomic E-state index is 0.0185. The van der Waals surface area contributed by atoms with E-state index < -0.39 is 17.1 Å². The van der Waals surface area contributed by atoms with E-state index in [1.165, 1.54) is 0 Å². The molecule has 2 aromatic rings. The molecule has 0 bridgehead atoms. The number of carbonyl (C=O) groups excluding carboxylic acids is 1. The van der Waals surface area contributed by atoms with Gasteiger partial charge >= 0.3 is 5.63 Å². The Bertz CT molecular complexity index is 805. The zero-order chi connectivity index (χ0) is 17.9. The lowest BCUT2D eigenvalue weighted by Gasteiger charge is -2.20. The van der Waals surface area contributed by atoms with Crippen molar-refractivity contribution in [3.8, 4) is 5.75 Å². The van der Waals surface area contributed by atoms with Crippen molar-refractivity contribution in [3.05, 3.63) is 38.7 Å². The molecule has 1 heterocycles. The van der Waals surface area contributed by atoms with Gasteiger partial charge in [0.1, 0.15) is 5.56 Å². The maximum Gasteiger partial charge on any atom is 0.349 e. The van der Waals surface area contributed by atoms with Gasteiger partial charge in [0, 0.05) is 15.4 Å². The van der Waals surface area contributed by atoms with Crippen LogP contribution in [0.4, 0.5) is 0 Å². The normalized spacial score (nSPS) is 11.5. The Morgan fingerprint density at radius 3 is 2.62 bits per heavy atom. The predicted molar refractivity (Wildman–Crippen MR) is 97.8 cm³/mol. The van der Waals surface area contributed by atoms with E-state index in [0.29, 0.717) is 23.3 Å². The van der Waals surface area contributed by atoms with Gasteiger partial charge in [0.05, 0.1) is 6.61 Å². The van der Waals surface area contributed by atoms with Crippen molar-refractivity contribution in [1.29, 1.82) is 0 Å². The van der Waals surface area contributed by atoms with Crippen LogP contribution in [0.2, 0.25) is 0 Å². The molecular formula is C18H22BrNO4.